The summed E-state index contributed by atoms with van der Waals surface area (Å²) in [6.45, 7) is 6.18. The van der Waals surface area contributed by atoms with Crippen molar-refractivity contribution in [3.05, 3.63) is 0 Å². The molecule has 0 fully saturated rings. The number of rotatable bonds is 6. The molecule has 0 aliphatic heterocycles. The fourth-order valence-electron chi connectivity index (χ4n) is 1.35. The number of hydrogen-bond donors (Lipinski definition) is 2. The number of carboxylic acid groups (broad SMARTS) is 1. The molecule has 0 saturated heterocycles. The van der Waals surface area contributed by atoms with Gasteiger partial charge in [-0.2, -0.15) is 0 Å². The van der Waals surface area contributed by atoms with E-state index < -0.39 is 17.9 Å². The van der Waals surface area contributed by atoms with Gasteiger partial charge in [0, 0.05) is 19.0 Å². The summed E-state index contributed by atoms with van der Waals surface area (Å²) in [6, 6.07) is -0.412. The summed E-state index contributed by atoms with van der Waals surface area (Å²) in [6.07, 6.45) is 0.346. The number of hydrogen-bond acceptors (Lipinski definition) is 3. The average Bonchev–Trinajstić information content (AvgIpc) is 2.26. The minimum absolute atomic E-state index is 0.0484. The van der Waals surface area contributed by atoms with Crippen LogP contribution in [-0.2, 0) is 9.59 Å². The van der Waals surface area contributed by atoms with Gasteiger partial charge in [-0.05, 0) is 20.3 Å². The van der Waals surface area contributed by atoms with E-state index in [1.54, 1.807) is 4.90 Å². The van der Waals surface area contributed by atoms with Gasteiger partial charge < -0.3 is 10.0 Å². The van der Waals surface area contributed by atoms with Gasteiger partial charge in [0.05, 0.1) is 6.42 Å². The molecule has 17 heavy (non-hydrogen) atoms. The standard InChI is InChI=1S/C11H20N2O4/c1-4-8(3)13(5-2)11(17)12-9(14)6-7-10(15)16/h8H,4-7H2,1-3H3,(H,15,16)(H,12,14,17). The Labute approximate surface area is 101 Å². The quantitative estimate of drug-likeness (QED) is 0.735. The molecular weight excluding hydrogens is 224 g/mol. The molecule has 0 aliphatic rings. The van der Waals surface area contributed by atoms with Crippen molar-refractivity contribution in [2.75, 3.05) is 6.54 Å². The second-order valence-corrected chi connectivity index (χ2v) is 3.79. The zero-order valence-electron chi connectivity index (χ0n) is 10.5. The van der Waals surface area contributed by atoms with Crippen LogP contribution >= 0.6 is 0 Å². The summed E-state index contributed by atoms with van der Waals surface area (Å²) >= 11 is 0. The third-order valence-electron chi connectivity index (χ3n) is 2.54. The molecule has 0 saturated carbocycles. The fraction of sp³-hybridized carbons (Fsp3) is 0.727. The molecule has 3 amide bonds. The van der Waals surface area contributed by atoms with Crippen molar-refractivity contribution < 1.29 is 19.5 Å². The minimum atomic E-state index is -1.05. The van der Waals surface area contributed by atoms with E-state index in [0.717, 1.165) is 6.42 Å². The Bertz CT molecular complexity index is 291. The summed E-state index contributed by atoms with van der Waals surface area (Å²) in [5, 5.41) is 10.6. The van der Waals surface area contributed by atoms with Gasteiger partial charge >= 0.3 is 12.0 Å². The van der Waals surface area contributed by atoms with E-state index in [-0.39, 0.29) is 18.9 Å². The van der Waals surface area contributed by atoms with Crippen LogP contribution in [-0.4, -0.2) is 40.5 Å². The molecule has 1 unspecified atom stereocenters. The highest BCUT2D eigenvalue weighted by Gasteiger charge is 2.19. The number of carboxylic acids is 1. The third-order valence-corrected chi connectivity index (χ3v) is 2.54. The second-order valence-electron chi connectivity index (χ2n) is 3.79. The number of nitrogens with one attached hydrogen (secondary N) is 1. The Kier molecular flexibility index (Phi) is 6.93. The van der Waals surface area contributed by atoms with Gasteiger partial charge in [-0.15, -0.1) is 0 Å². The molecule has 98 valence electrons. The lowest BCUT2D eigenvalue weighted by atomic mass is 10.2. The van der Waals surface area contributed by atoms with Crippen LogP contribution < -0.4 is 5.32 Å². The first kappa shape index (κ1) is 15.4. The molecular formula is C11H20N2O4. The van der Waals surface area contributed by atoms with E-state index in [2.05, 4.69) is 5.32 Å². The summed E-state index contributed by atoms with van der Waals surface area (Å²) in [5.74, 6) is -1.61. The summed E-state index contributed by atoms with van der Waals surface area (Å²) in [4.78, 5) is 34.7. The molecule has 0 bridgehead atoms. The topological polar surface area (TPSA) is 86.7 Å². The molecule has 0 aliphatic carbocycles. The Balaban J connectivity index is 4.22. The van der Waals surface area contributed by atoms with Gasteiger partial charge in [-0.25, -0.2) is 4.79 Å². The van der Waals surface area contributed by atoms with E-state index >= 15 is 0 Å². The van der Waals surface area contributed by atoms with E-state index in [9.17, 15) is 14.4 Å². The number of nitrogens with zero attached hydrogens (tertiary/aromatic N) is 1. The van der Waals surface area contributed by atoms with Crippen LogP contribution in [0.1, 0.15) is 40.0 Å². The molecule has 0 aromatic carbocycles. The number of carbonyl (C=O) groups is 3. The number of carbonyl (C=O) groups excluding carboxylic acids is 2. The Morgan fingerprint density at radius 1 is 1.24 bits per heavy atom. The van der Waals surface area contributed by atoms with Crippen LogP contribution in [0.4, 0.5) is 4.79 Å². The number of urea groups is 1. The maximum atomic E-state index is 11.7. The van der Waals surface area contributed by atoms with E-state index in [4.69, 9.17) is 5.11 Å². The molecule has 0 heterocycles. The van der Waals surface area contributed by atoms with Crippen molar-refractivity contribution in [1.29, 1.82) is 0 Å². The molecule has 6 nitrogen and oxygen atoms in total. The highest BCUT2D eigenvalue weighted by atomic mass is 16.4. The highest BCUT2D eigenvalue weighted by Crippen LogP contribution is 2.03. The van der Waals surface area contributed by atoms with Crippen molar-refractivity contribution in [3.63, 3.8) is 0 Å². The summed E-state index contributed by atoms with van der Waals surface area (Å²) in [5.41, 5.74) is 0. The van der Waals surface area contributed by atoms with Gasteiger partial charge in [0.1, 0.15) is 0 Å². The van der Waals surface area contributed by atoms with E-state index in [1.165, 1.54) is 0 Å². The normalized spacial score (nSPS) is 11.7. The van der Waals surface area contributed by atoms with Crippen molar-refractivity contribution in [1.82, 2.24) is 10.2 Å². The van der Waals surface area contributed by atoms with Gasteiger partial charge in [0.2, 0.25) is 5.91 Å². The molecule has 0 spiro atoms. The van der Waals surface area contributed by atoms with E-state index in [0.29, 0.717) is 6.54 Å². The van der Waals surface area contributed by atoms with Gasteiger partial charge in [0.25, 0.3) is 0 Å². The van der Waals surface area contributed by atoms with Crippen LogP contribution in [0.15, 0.2) is 0 Å². The number of aliphatic carboxylic acids is 1. The lowest BCUT2D eigenvalue weighted by molar-refractivity contribution is -0.138. The van der Waals surface area contributed by atoms with Crippen molar-refractivity contribution >= 4 is 17.9 Å². The fourth-order valence-corrected chi connectivity index (χ4v) is 1.35. The second kappa shape index (κ2) is 7.65. The van der Waals surface area contributed by atoms with Crippen LogP contribution in [0.3, 0.4) is 0 Å². The lowest BCUT2D eigenvalue weighted by Crippen LogP contribution is -2.46. The average molecular weight is 244 g/mol. The molecule has 0 rings (SSSR count). The number of amides is 3. The van der Waals surface area contributed by atoms with Gasteiger partial charge in [0.15, 0.2) is 0 Å². The Morgan fingerprint density at radius 3 is 2.24 bits per heavy atom. The summed E-state index contributed by atoms with van der Waals surface area (Å²) in [7, 11) is 0. The third kappa shape index (κ3) is 5.89. The zero-order valence-corrected chi connectivity index (χ0v) is 10.5. The molecule has 0 aromatic heterocycles. The molecule has 6 heteroatoms. The van der Waals surface area contributed by atoms with Gasteiger partial charge in [-0.1, -0.05) is 6.92 Å². The first-order valence-electron chi connectivity index (χ1n) is 5.74. The Hall–Kier alpha value is -1.59. The molecule has 2 N–H and O–H groups in total. The van der Waals surface area contributed by atoms with Crippen LogP contribution in [0.2, 0.25) is 0 Å². The maximum Gasteiger partial charge on any atom is 0.324 e. The molecule has 0 radical (unpaired) electrons. The van der Waals surface area contributed by atoms with Crippen LogP contribution in [0, 0.1) is 0 Å². The Morgan fingerprint density at radius 2 is 1.82 bits per heavy atom. The van der Waals surface area contributed by atoms with Crippen LogP contribution in [0.25, 0.3) is 0 Å². The first-order valence-corrected chi connectivity index (χ1v) is 5.74. The zero-order chi connectivity index (χ0) is 13.4. The lowest BCUT2D eigenvalue weighted by Gasteiger charge is -2.26. The monoisotopic (exact) mass is 244 g/mol. The van der Waals surface area contributed by atoms with Crippen molar-refractivity contribution in [2.24, 2.45) is 0 Å². The summed E-state index contributed by atoms with van der Waals surface area (Å²) < 4.78 is 0. The maximum absolute atomic E-state index is 11.7. The van der Waals surface area contributed by atoms with Crippen molar-refractivity contribution in [3.8, 4) is 0 Å². The molecule has 1 atom stereocenters. The largest absolute Gasteiger partial charge is 0.481 e. The van der Waals surface area contributed by atoms with E-state index in [1.807, 2.05) is 20.8 Å². The van der Waals surface area contributed by atoms with Crippen molar-refractivity contribution in [2.45, 2.75) is 46.1 Å². The predicted molar refractivity (Wildman–Crippen MR) is 62.5 cm³/mol. The smallest absolute Gasteiger partial charge is 0.324 e. The minimum Gasteiger partial charge on any atom is -0.481 e. The molecule has 0 aromatic rings. The number of imide groups is 1. The first-order chi connectivity index (χ1) is 7.92. The van der Waals surface area contributed by atoms with Gasteiger partial charge in [-0.3, -0.25) is 14.9 Å². The highest BCUT2D eigenvalue weighted by molar-refractivity contribution is 5.95. The SMILES string of the molecule is CCC(C)N(CC)C(=O)NC(=O)CCC(=O)O. The predicted octanol–water partition coefficient (Wildman–Crippen LogP) is 1.21. The van der Waals surface area contributed by atoms with Crippen LogP contribution in [0.5, 0.6) is 0 Å².